The van der Waals surface area contributed by atoms with E-state index in [-0.39, 0.29) is 23.3 Å². The molecule has 0 spiro atoms. The number of thiazole rings is 1. The van der Waals surface area contributed by atoms with Gasteiger partial charge in [-0.25, -0.2) is 18.1 Å². The van der Waals surface area contributed by atoms with E-state index < -0.39 is 15.4 Å². The lowest BCUT2D eigenvalue weighted by molar-refractivity contribution is -0.123. The molecule has 0 radical (unpaired) electrons. The Morgan fingerprint density at radius 3 is 2.69 bits per heavy atom. The molecule has 7 nitrogen and oxygen atoms in total. The average molecular weight is 513 g/mol. The van der Waals surface area contributed by atoms with Crippen molar-refractivity contribution >= 4 is 32.4 Å². The van der Waals surface area contributed by atoms with Crippen molar-refractivity contribution in [2.45, 2.75) is 51.4 Å². The number of anilines is 1. The number of nitrogens with zero attached hydrogens (tertiary/aromatic N) is 2. The highest BCUT2D eigenvalue weighted by Gasteiger charge is 2.65. The number of aromatic nitrogens is 2. The van der Waals surface area contributed by atoms with Crippen LogP contribution in [0.1, 0.15) is 50.6 Å². The van der Waals surface area contributed by atoms with Crippen LogP contribution in [0.25, 0.3) is 0 Å². The molecule has 0 saturated heterocycles. The molecule has 2 N–H and O–H groups in total. The van der Waals surface area contributed by atoms with Crippen molar-refractivity contribution in [3.05, 3.63) is 64.8 Å². The number of hydrogen-bond donors (Lipinski definition) is 2. The zero-order valence-electron chi connectivity index (χ0n) is 19.7. The molecular weight excluding hydrogens is 480 g/mol. The van der Waals surface area contributed by atoms with Gasteiger partial charge in [-0.1, -0.05) is 50.3 Å². The summed E-state index contributed by atoms with van der Waals surface area (Å²) in [5.41, 5.74) is 0.363. The summed E-state index contributed by atoms with van der Waals surface area (Å²) in [6.07, 6.45) is 16.9. The van der Waals surface area contributed by atoms with Gasteiger partial charge in [-0.15, -0.1) is 11.3 Å². The second-order valence-corrected chi connectivity index (χ2v) is 12.5. The molecule has 0 aliphatic heterocycles. The highest BCUT2D eigenvalue weighted by atomic mass is 32.2. The summed E-state index contributed by atoms with van der Waals surface area (Å²) in [5, 5.41) is 5.53. The summed E-state index contributed by atoms with van der Waals surface area (Å²) in [4.78, 5) is 22.3. The van der Waals surface area contributed by atoms with Crippen molar-refractivity contribution in [3.63, 3.8) is 0 Å². The fourth-order valence-corrected chi connectivity index (χ4v) is 7.54. The molecule has 0 bridgehead atoms. The van der Waals surface area contributed by atoms with Crippen LogP contribution in [-0.4, -0.2) is 30.8 Å². The smallest absolute Gasteiger partial charge is 0.240 e. The van der Waals surface area contributed by atoms with Crippen LogP contribution in [0.2, 0.25) is 0 Å². The summed E-state index contributed by atoms with van der Waals surface area (Å²) in [7, 11) is -3.61. The lowest BCUT2D eigenvalue weighted by Gasteiger charge is -2.30. The first-order valence-electron chi connectivity index (χ1n) is 12.5. The number of pyridine rings is 1. The minimum absolute atomic E-state index is 0.0122. The van der Waals surface area contributed by atoms with Gasteiger partial charge >= 0.3 is 0 Å². The standard InChI is InChI=1S/C26H32N4O3S2/c31-24(30-25-28-16-17-34-25)26(18-23(26)19-6-2-1-3-7-19)20-9-11-22(12-10-20)35(32,33)29-15-13-21-8-4-5-14-27-21/h4-5,8-9,11-12,14,16-17,19-20,23,29H,1-3,6-7,10,13,15,18H2,(H,28,30,31)/t20?,23-,26-/m0/s1. The van der Waals surface area contributed by atoms with E-state index in [1.54, 1.807) is 24.5 Å². The number of hydrogen-bond acceptors (Lipinski definition) is 6. The highest BCUT2D eigenvalue weighted by molar-refractivity contribution is 7.93. The fraction of sp³-hybridized carbons (Fsp3) is 0.500. The summed E-state index contributed by atoms with van der Waals surface area (Å²) >= 11 is 1.42. The largest absolute Gasteiger partial charge is 0.301 e. The predicted molar refractivity (Wildman–Crippen MR) is 138 cm³/mol. The van der Waals surface area contributed by atoms with E-state index in [9.17, 15) is 13.2 Å². The molecule has 9 heteroatoms. The Morgan fingerprint density at radius 1 is 1.14 bits per heavy atom. The van der Waals surface area contributed by atoms with Gasteiger partial charge < -0.3 is 5.32 Å². The van der Waals surface area contributed by atoms with E-state index in [0.717, 1.165) is 12.1 Å². The van der Waals surface area contributed by atoms with Crippen molar-refractivity contribution in [1.29, 1.82) is 0 Å². The average Bonchev–Trinajstić information content (AvgIpc) is 3.45. The fourth-order valence-electron chi connectivity index (χ4n) is 5.91. The molecule has 2 aromatic rings. The molecule has 1 unspecified atom stereocenters. The molecule has 186 valence electrons. The first-order valence-corrected chi connectivity index (χ1v) is 14.8. The van der Waals surface area contributed by atoms with E-state index in [0.29, 0.717) is 29.8 Å². The van der Waals surface area contributed by atoms with Crippen LogP contribution in [0.4, 0.5) is 5.13 Å². The molecule has 35 heavy (non-hydrogen) atoms. The van der Waals surface area contributed by atoms with E-state index in [1.165, 1.54) is 43.4 Å². The lowest BCUT2D eigenvalue weighted by Crippen LogP contribution is -2.35. The first-order chi connectivity index (χ1) is 17.0. The van der Waals surface area contributed by atoms with Crippen LogP contribution in [-0.2, 0) is 21.2 Å². The number of carbonyl (C=O) groups excluding carboxylic acids is 1. The Bertz CT molecular complexity index is 1190. The van der Waals surface area contributed by atoms with Gasteiger partial charge in [0.15, 0.2) is 5.13 Å². The maximum atomic E-state index is 13.6. The van der Waals surface area contributed by atoms with Crippen molar-refractivity contribution in [3.8, 4) is 0 Å². The Morgan fingerprint density at radius 2 is 2.00 bits per heavy atom. The number of amides is 1. The molecule has 5 rings (SSSR count). The molecule has 0 aromatic carbocycles. The molecule has 3 aliphatic rings. The zero-order valence-corrected chi connectivity index (χ0v) is 21.4. The molecule has 2 heterocycles. The number of allylic oxidation sites excluding steroid dienone is 3. The molecule has 2 fully saturated rings. The quantitative estimate of drug-likeness (QED) is 0.508. The Balaban J connectivity index is 1.26. The van der Waals surface area contributed by atoms with Gasteiger partial charge in [0.25, 0.3) is 0 Å². The monoisotopic (exact) mass is 512 g/mol. The van der Waals surface area contributed by atoms with Crippen molar-refractivity contribution in [2.24, 2.45) is 23.2 Å². The summed E-state index contributed by atoms with van der Waals surface area (Å²) in [6, 6.07) is 5.61. The van der Waals surface area contributed by atoms with Gasteiger partial charge in [-0.05, 0) is 48.8 Å². The summed E-state index contributed by atoms with van der Waals surface area (Å²) < 4.78 is 28.4. The second kappa shape index (κ2) is 10.3. The molecule has 2 aromatic heterocycles. The number of nitrogens with one attached hydrogen (secondary N) is 2. The molecule has 3 aliphatic carbocycles. The maximum absolute atomic E-state index is 13.6. The van der Waals surface area contributed by atoms with Gasteiger partial charge in [0, 0.05) is 36.4 Å². The lowest BCUT2D eigenvalue weighted by atomic mass is 9.76. The number of rotatable bonds is 9. The van der Waals surface area contributed by atoms with Gasteiger partial charge in [-0.2, -0.15) is 0 Å². The van der Waals surface area contributed by atoms with Gasteiger partial charge in [0.2, 0.25) is 15.9 Å². The topological polar surface area (TPSA) is 101 Å². The molecule has 1 amide bonds. The summed E-state index contributed by atoms with van der Waals surface area (Å²) in [6.45, 7) is 0.290. The normalized spacial score (nSPS) is 26.8. The van der Waals surface area contributed by atoms with E-state index in [2.05, 4.69) is 20.0 Å². The Hall–Kier alpha value is -2.36. The minimum Gasteiger partial charge on any atom is -0.301 e. The summed E-state index contributed by atoms with van der Waals surface area (Å²) in [5.74, 6) is 0.940. The van der Waals surface area contributed by atoms with Crippen LogP contribution in [0.5, 0.6) is 0 Å². The Labute approximate surface area is 211 Å². The van der Waals surface area contributed by atoms with Crippen LogP contribution in [0.3, 0.4) is 0 Å². The Kier molecular flexibility index (Phi) is 7.18. The minimum atomic E-state index is -3.61. The third-order valence-electron chi connectivity index (χ3n) is 7.79. The third-order valence-corrected chi connectivity index (χ3v) is 9.99. The van der Waals surface area contributed by atoms with E-state index in [1.807, 2.05) is 29.7 Å². The van der Waals surface area contributed by atoms with Gasteiger partial charge in [0.1, 0.15) is 0 Å². The van der Waals surface area contributed by atoms with Crippen LogP contribution < -0.4 is 10.0 Å². The van der Waals surface area contributed by atoms with Crippen LogP contribution >= 0.6 is 11.3 Å². The second-order valence-electron chi connectivity index (χ2n) is 9.82. The number of sulfonamides is 1. The third kappa shape index (κ3) is 5.27. The van der Waals surface area contributed by atoms with Crippen molar-refractivity contribution < 1.29 is 13.2 Å². The molecular formula is C26H32N4O3S2. The number of carbonyl (C=O) groups is 1. The molecule has 3 atom stereocenters. The zero-order chi connectivity index (χ0) is 24.3. The van der Waals surface area contributed by atoms with Gasteiger partial charge in [0.05, 0.1) is 10.3 Å². The molecule has 2 saturated carbocycles. The van der Waals surface area contributed by atoms with Gasteiger partial charge in [-0.3, -0.25) is 9.78 Å². The van der Waals surface area contributed by atoms with E-state index in [4.69, 9.17) is 0 Å². The van der Waals surface area contributed by atoms with Crippen molar-refractivity contribution in [1.82, 2.24) is 14.7 Å². The van der Waals surface area contributed by atoms with Crippen LogP contribution in [0, 0.1) is 23.2 Å². The SMILES string of the molecule is O=C(Nc1nccs1)[C@]1(C2C=CC(S(=O)(=O)NCCc3ccccn3)=CC2)C[C@H]1C1CCCCC1. The maximum Gasteiger partial charge on any atom is 0.240 e. The van der Waals surface area contributed by atoms with Crippen LogP contribution in [0.15, 0.2) is 59.1 Å². The van der Waals surface area contributed by atoms with E-state index >= 15 is 0 Å². The van der Waals surface area contributed by atoms with Crippen molar-refractivity contribution in [2.75, 3.05) is 11.9 Å². The first kappa shape index (κ1) is 24.3. The predicted octanol–water partition coefficient (Wildman–Crippen LogP) is 4.69. The highest BCUT2D eigenvalue weighted by Crippen LogP contribution is 2.65.